The van der Waals surface area contributed by atoms with Crippen molar-refractivity contribution in [3.05, 3.63) is 41.5 Å². The van der Waals surface area contributed by atoms with Gasteiger partial charge in [-0.25, -0.2) is 14.4 Å². The van der Waals surface area contributed by atoms with Crippen molar-refractivity contribution in [3.63, 3.8) is 0 Å². The van der Waals surface area contributed by atoms with E-state index in [0.717, 1.165) is 54.3 Å². The lowest BCUT2D eigenvalue weighted by molar-refractivity contribution is 0.628. The molecule has 0 atom stereocenters. The van der Waals surface area contributed by atoms with Crippen LogP contribution in [0.5, 0.6) is 0 Å². The summed E-state index contributed by atoms with van der Waals surface area (Å²) in [5.74, 6) is 1.42. The summed E-state index contributed by atoms with van der Waals surface area (Å²) in [5.41, 5.74) is 2.58. The lowest BCUT2D eigenvalue weighted by Crippen LogP contribution is -2.09. The Morgan fingerprint density at radius 1 is 1.14 bits per heavy atom. The number of halogens is 1. The Labute approximate surface area is 125 Å². The van der Waals surface area contributed by atoms with Gasteiger partial charge in [0.15, 0.2) is 0 Å². The highest BCUT2D eigenvalue weighted by Gasteiger charge is 2.12. The van der Waals surface area contributed by atoms with Crippen LogP contribution in [0.4, 0.5) is 10.2 Å². The molecule has 0 unspecified atom stereocenters. The fourth-order valence-corrected chi connectivity index (χ4v) is 2.23. The third kappa shape index (κ3) is 3.78. The van der Waals surface area contributed by atoms with Crippen molar-refractivity contribution >= 4 is 5.82 Å². The van der Waals surface area contributed by atoms with E-state index in [-0.39, 0.29) is 5.82 Å². The van der Waals surface area contributed by atoms with Crippen molar-refractivity contribution in [2.45, 2.75) is 40.0 Å². The van der Waals surface area contributed by atoms with E-state index in [9.17, 15) is 4.39 Å². The van der Waals surface area contributed by atoms with Crippen molar-refractivity contribution < 1.29 is 4.39 Å². The Morgan fingerprint density at radius 2 is 1.95 bits per heavy atom. The quantitative estimate of drug-likeness (QED) is 0.857. The first kappa shape index (κ1) is 15.4. The zero-order chi connectivity index (χ0) is 15.2. The van der Waals surface area contributed by atoms with E-state index in [2.05, 4.69) is 29.1 Å². The van der Waals surface area contributed by atoms with Crippen LogP contribution in [-0.4, -0.2) is 16.5 Å². The van der Waals surface area contributed by atoms with Crippen molar-refractivity contribution in [1.29, 1.82) is 0 Å². The summed E-state index contributed by atoms with van der Waals surface area (Å²) in [6, 6.07) is 6.57. The van der Waals surface area contributed by atoms with Crippen LogP contribution in [-0.2, 0) is 6.42 Å². The SMILES string of the molecule is CCCNc1nc(CCC)nc(-c2cccc(F)c2)c1C. The van der Waals surface area contributed by atoms with Crippen molar-refractivity contribution in [2.75, 3.05) is 11.9 Å². The molecule has 1 heterocycles. The lowest BCUT2D eigenvalue weighted by Gasteiger charge is -2.14. The molecule has 1 aromatic heterocycles. The summed E-state index contributed by atoms with van der Waals surface area (Å²) in [5, 5.41) is 3.34. The number of anilines is 1. The summed E-state index contributed by atoms with van der Waals surface area (Å²) in [6.07, 6.45) is 2.84. The van der Waals surface area contributed by atoms with Crippen molar-refractivity contribution in [3.8, 4) is 11.3 Å². The van der Waals surface area contributed by atoms with Crippen molar-refractivity contribution in [1.82, 2.24) is 9.97 Å². The van der Waals surface area contributed by atoms with Gasteiger partial charge in [0.05, 0.1) is 5.69 Å². The second-order valence-corrected chi connectivity index (χ2v) is 5.15. The number of nitrogens with one attached hydrogen (secondary N) is 1. The van der Waals surface area contributed by atoms with Gasteiger partial charge < -0.3 is 5.32 Å². The molecule has 2 rings (SSSR count). The molecule has 0 spiro atoms. The summed E-state index contributed by atoms with van der Waals surface area (Å²) in [4.78, 5) is 9.22. The van der Waals surface area contributed by atoms with Gasteiger partial charge in [0, 0.05) is 24.1 Å². The van der Waals surface area contributed by atoms with Gasteiger partial charge in [0.1, 0.15) is 17.5 Å². The Bertz CT molecular complexity index is 611. The molecule has 21 heavy (non-hydrogen) atoms. The molecule has 1 aromatic carbocycles. The first-order valence-electron chi connectivity index (χ1n) is 7.53. The highest BCUT2D eigenvalue weighted by molar-refractivity contribution is 5.68. The van der Waals surface area contributed by atoms with E-state index in [1.165, 1.54) is 12.1 Å². The van der Waals surface area contributed by atoms with E-state index in [0.29, 0.717) is 0 Å². The fourth-order valence-electron chi connectivity index (χ4n) is 2.23. The molecule has 0 amide bonds. The van der Waals surface area contributed by atoms with E-state index in [1.807, 2.05) is 13.0 Å². The number of hydrogen-bond acceptors (Lipinski definition) is 3. The highest BCUT2D eigenvalue weighted by Crippen LogP contribution is 2.26. The van der Waals surface area contributed by atoms with Crippen LogP contribution < -0.4 is 5.32 Å². The summed E-state index contributed by atoms with van der Waals surface area (Å²) >= 11 is 0. The summed E-state index contributed by atoms with van der Waals surface area (Å²) in [6.45, 7) is 7.06. The van der Waals surface area contributed by atoms with Gasteiger partial charge in [-0.15, -0.1) is 0 Å². The Kier molecular flexibility index (Phi) is 5.26. The molecule has 0 bridgehead atoms. The number of aromatic nitrogens is 2. The van der Waals surface area contributed by atoms with Crippen LogP contribution >= 0.6 is 0 Å². The molecule has 112 valence electrons. The van der Waals surface area contributed by atoms with E-state index in [4.69, 9.17) is 0 Å². The lowest BCUT2D eigenvalue weighted by atomic mass is 10.1. The maximum absolute atomic E-state index is 13.5. The summed E-state index contributed by atoms with van der Waals surface area (Å²) in [7, 11) is 0. The molecule has 1 N–H and O–H groups in total. The fraction of sp³-hybridized carbons (Fsp3) is 0.412. The zero-order valence-electron chi connectivity index (χ0n) is 12.9. The minimum atomic E-state index is -0.245. The summed E-state index contributed by atoms with van der Waals surface area (Å²) < 4.78 is 13.5. The maximum atomic E-state index is 13.5. The van der Waals surface area contributed by atoms with Gasteiger partial charge in [-0.1, -0.05) is 26.0 Å². The van der Waals surface area contributed by atoms with Crippen LogP contribution in [0.3, 0.4) is 0 Å². The van der Waals surface area contributed by atoms with E-state index in [1.54, 1.807) is 6.07 Å². The largest absolute Gasteiger partial charge is 0.370 e. The van der Waals surface area contributed by atoms with Crippen LogP contribution in [0.2, 0.25) is 0 Å². The molecule has 2 aromatic rings. The normalized spacial score (nSPS) is 10.7. The number of rotatable bonds is 6. The molecule has 0 fully saturated rings. The molecule has 0 aliphatic rings. The van der Waals surface area contributed by atoms with E-state index >= 15 is 0 Å². The molecule has 0 saturated carbocycles. The molecular formula is C17H22FN3. The van der Waals surface area contributed by atoms with Gasteiger partial charge in [0.2, 0.25) is 0 Å². The Morgan fingerprint density at radius 3 is 2.62 bits per heavy atom. The number of benzene rings is 1. The Hall–Kier alpha value is -1.97. The number of hydrogen-bond donors (Lipinski definition) is 1. The van der Waals surface area contributed by atoms with Crippen LogP contribution in [0.15, 0.2) is 24.3 Å². The molecule has 4 heteroatoms. The van der Waals surface area contributed by atoms with Crippen LogP contribution in [0, 0.1) is 12.7 Å². The van der Waals surface area contributed by atoms with Gasteiger partial charge in [-0.3, -0.25) is 0 Å². The minimum absolute atomic E-state index is 0.245. The smallest absolute Gasteiger partial charge is 0.133 e. The first-order chi connectivity index (χ1) is 10.2. The zero-order valence-corrected chi connectivity index (χ0v) is 12.9. The molecule has 3 nitrogen and oxygen atoms in total. The topological polar surface area (TPSA) is 37.8 Å². The molecule has 0 aliphatic carbocycles. The monoisotopic (exact) mass is 287 g/mol. The third-order valence-electron chi connectivity index (χ3n) is 3.31. The second-order valence-electron chi connectivity index (χ2n) is 5.15. The van der Waals surface area contributed by atoms with Gasteiger partial charge >= 0.3 is 0 Å². The van der Waals surface area contributed by atoms with Gasteiger partial charge in [-0.2, -0.15) is 0 Å². The van der Waals surface area contributed by atoms with Crippen LogP contribution in [0.1, 0.15) is 38.1 Å². The average Bonchev–Trinajstić information content (AvgIpc) is 2.47. The van der Waals surface area contributed by atoms with Crippen LogP contribution in [0.25, 0.3) is 11.3 Å². The maximum Gasteiger partial charge on any atom is 0.133 e. The Balaban J connectivity index is 2.49. The van der Waals surface area contributed by atoms with Gasteiger partial charge in [-0.05, 0) is 31.9 Å². The minimum Gasteiger partial charge on any atom is -0.370 e. The standard InChI is InChI=1S/C17H22FN3/c1-4-7-15-20-16(13-8-6-9-14(18)11-13)12(3)17(21-15)19-10-5-2/h6,8-9,11H,4-5,7,10H2,1-3H3,(H,19,20,21). The predicted molar refractivity (Wildman–Crippen MR) is 84.9 cm³/mol. The van der Waals surface area contributed by atoms with Crippen molar-refractivity contribution in [2.24, 2.45) is 0 Å². The third-order valence-corrected chi connectivity index (χ3v) is 3.31. The molecule has 0 aliphatic heterocycles. The molecular weight excluding hydrogens is 265 g/mol. The molecule has 0 saturated heterocycles. The highest BCUT2D eigenvalue weighted by atomic mass is 19.1. The van der Waals surface area contributed by atoms with E-state index < -0.39 is 0 Å². The number of nitrogens with zero attached hydrogens (tertiary/aromatic N) is 2. The average molecular weight is 287 g/mol. The van der Waals surface area contributed by atoms with Gasteiger partial charge in [0.25, 0.3) is 0 Å². The molecule has 0 radical (unpaired) electrons. The first-order valence-corrected chi connectivity index (χ1v) is 7.53. The predicted octanol–water partition coefficient (Wildman–Crippen LogP) is 4.37. The number of aryl methyl sites for hydroxylation is 1. The second kappa shape index (κ2) is 7.16.